The number of anilines is 2. The summed E-state index contributed by atoms with van der Waals surface area (Å²) >= 11 is 0. The summed E-state index contributed by atoms with van der Waals surface area (Å²) in [5.41, 5.74) is 2.64. The van der Waals surface area contributed by atoms with Gasteiger partial charge in [0.2, 0.25) is 11.8 Å². The fourth-order valence-corrected chi connectivity index (χ4v) is 3.56. The minimum atomic E-state index is -0.493. The van der Waals surface area contributed by atoms with Gasteiger partial charge in [0, 0.05) is 18.7 Å². The average molecular weight is 417 g/mol. The summed E-state index contributed by atoms with van der Waals surface area (Å²) in [5, 5.41) is 5.60. The van der Waals surface area contributed by atoms with Crippen molar-refractivity contribution in [1.29, 1.82) is 0 Å². The molecule has 1 unspecified atom stereocenters. The van der Waals surface area contributed by atoms with Gasteiger partial charge >= 0.3 is 0 Å². The van der Waals surface area contributed by atoms with E-state index in [-0.39, 0.29) is 30.7 Å². The zero-order valence-electron chi connectivity index (χ0n) is 17.1. The van der Waals surface area contributed by atoms with Gasteiger partial charge in [0.05, 0.1) is 30.0 Å². The van der Waals surface area contributed by atoms with Crippen molar-refractivity contribution in [3.8, 4) is 0 Å². The first-order valence-electron chi connectivity index (χ1n) is 10.1. The molecule has 4 rings (SSSR count). The van der Waals surface area contributed by atoms with Gasteiger partial charge in [0.15, 0.2) is 0 Å². The molecule has 7 nitrogen and oxygen atoms in total. The Morgan fingerprint density at radius 1 is 1.06 bits per heavy atom. The van der Waals surface area contributed by atoms with Gasteiger partial charge in [0.25, 0.3) is 5.91 Å². The molecule has 3 aromatic rings. The second-order valence-electron chi connectivity index (χ2n) is 7.54. The summed E-state index contributed by atoms with van der Waals surface area (Å²) < 4.78 is 5.22. The molecule has 1 aliphatic heterocycles. The van der Waals surface area contributed by atoms with Crippen LogP contribution < -0.4 is 15.5 Å². The largest absolute Gasteiger partial charge is 0.467 e. The fraction of sp³-hybridized carbons (Fsp3) is 0.208. The first kappa shape index (κ1) is 20.4. The molecule has 2 N–H and O–H groups in total. The molecule has 0 bridgehead atoms. The van der Waals surface area contributed by atoms with Crippen LogP contribution in [0.15, 0.2) is 71.3 Å². The third-order valence-corrected chi connectivity index (χ3v) is 5.27. The number of nitrogens with one attached hydrogen (secondary N) is 2. The van der Waals surface area contributed by atoms with Crippen LogP contribution >= 0.6 is 0 Å². The fourth-order valence-electron chi connectivity index (χ4n) is 3.56. The Bertz CT molecular complexity index is 1090. The number of hydrogen-bond acceptors (Lipinski definition) is 4. The summed E-state index contributed by atoms with van der Waals surface area (Å²) in [5.74, 6) is -0.553. The highest BCUT2D eigenvalue weighted by Gasteiger charge is 2.35. The predicted molar refractivity (Wildman–Crippen MR) is 117 cm³/mol. The van der Waals surface area contributed by atoms with E-state index in [1.54, 1.807) is 47.6 Å². The maximum absolute atomic E-state index is 12.9. The van der Waals surface area contributed by atoms with Crippen LogP contribution in [-0.2, 0) is 16.1 Å². The van der Waals surface area contributed by atoms with Gasteiger partial charge in [-0.25, -0.2) is 0 Å². The van der Waals surface area contributed by atoms with Crippen LogP contribution in [0.5, 0.6) is 0 Å². The summed E-state index contributed by atoms with van der Waals surface area (Å²) in [7, 11) is 0. The highest BCUT2D eigenvalue weighted by Crippen LogP contribution is 2.27. The summed E-state index contributed by atoms with van der Waals surface area (Å²) in [6.45, 7) is 2.53. The average Bonchev–Trinajstić information content (AvgIpc) is 3.43. The highest BCUT2D eigenvalue weighted by molar-refractivity contribution is 6.07. The summed E-state index contributed by atoms with van der Waals surface area (Å²) in [4.78, 5) is 39.6. The van der Waals surface area contributed by atoms with Crippen LogP contribution in [0, 0.1) is 12.8 Å². The van der Waals surface area contributed by atoms with Crippen molar-refractivity contribution in [2.45, 2.75) is 19.9 Å². The third-order valence-electron chi connectivity index (χ3n) is 5.27. The number of benzene rings is 2. The molecule has 0 saturated carbocycles. The normalized spacial score (nSPS) is 15.7. The van der Waals surface area contributed by atoms with Crippen LogP contribution in [0.2, 0.25) is 0 Å². The first-order valence-corrected chi connectivity index (χ1v) is 10.1. The van der Waals surface area contributed by atoms with Crippen molar-refractivity contribution in [3.63, 3.8) is 0 Å². The van der Waals surface area contributed by atoms with Crippen molar-refractivity contribution >= 4 is 29.1 Å². The molecular weight excluding hydrogens is 394 g/mol. The number of hydrogen-bond donors (Lipinski definition) is 2. The maximum Gasteiger partial charge on any atom is 0.253 e. The molecule has 7 heteroatoms. The van der Waals surface area contributed by atoms with E-state index in [4.69, 9.17) is 4.42 Å². The molecule has 3 amide bonds. The number of amides is 3. The second kappa shape index (κ2) is 8.87. The third kappa shape index (κ3) is 4.66. The summed E-state index contributed by atoms with van der Waals surface area (Å²) in [6, 6.07) is 18.0. The Kier molecular flexibility index (Phi) is 5.84. The van der Waals surface area contributed by atoms with Gasteiger partial charge in [-0.05, 0) is 43.3 Å². The topological polar surface area (TPSA) is 91.7 Å². The van der Waals surface area contributed by atoms with E-state index in [0.717, 1.165) is 11.3 Å². The molecule has 1 aromatic heterocycles. The monoisotopic (exact) mass is 417 g/mol. The van der Waals surface area contributed by atoms with E-state index in [2.05, 4.69) is 10.6 Å². The van der Waals surface area contributed by atoms with E-state index in [1.165, 1.54) is 0 Å². The Morgan fingerprint density at radius 3 is 2.58 bits per heavy atom. The molecule has 31 heavy (non-hydrogen) atoms. The van der Waals surface area contributed by atoms with E-state index < -0.39 is 5.92 Å². The predicted octanol–water partition coefficient (Wildman–Crippen LogP) is 3.51. The van der Waals surface area contributed by atoms with Crippen LogP contribution in [0.25, 0.3) is 0 Å². The van der Waals surface area contributed by atoms with Crippen molar-refractivity contribution in [2.75, 3.05) is 16.8 Å². The SMILES string of the molecule is Cc1ccc(N2CC(C(=O)Nc3ccccc3C(=O)NCc3ccco3)CC2=O)cc1. The van der Waals surface area contributed by atoms with Gasteiger partial charge in [-0.2, -0.15) is 0 Å². The molecule has 2 heterocycles. The van der Waals surface area contributed by atoms with Gasteiger partial charge in [0.1, 0.15) is 5.76 Å². The smallest absolute Gasteiger partial charge is 0.253 e. The van der Waals surface area contributed by atoms with E-state index in [1.807, 2.05) is 31.2 Å². The molecule has 1 atom stereocenters. The first-order chi connectivity index (χ1) is 15.0. The van der Waals surface area contributed by atoms with E-state index in [9.17, 15) is 14.4 Å². The second-order valence-corrected chi connectivity index (χ2v) is 7.54. The Morgan fingerprint density at radius 2 is 1.84 bits per heavy atom. The molecule has 0 aliphatic carbocycles. The van der Waals surface area contributed by atoms with Crippen molar-refractivity contribution < 1.29 is 18.8 Å². The van der Waals surface area contributed by atoms with Crippen molar-refractivity contribution in [1.82, 2.24) is 5.32 Å². The molecule has 0 radical (unpaired) electrons. The van der Waals surface area contributed by atoms with E-state index >= 15 is 0 Å². The lowest BCUT2D eigenvalue weighted by molar-refractivity contribution is -0.122. The lowest BCUT2D eigenvalue weighted by Crippen LogP contribution is -2.29. The summed E-state index contributed by atoms with van der Waals surface area (Å²) in [6.07, 6.45) is 1.67. The molecule has 158 valence electrons. The van der Waals surface area contributed by atoms with Crippen LogP contribution in [-0.4, -0.2) is 24.3 Å². The number of nitrogens with zero attached hydrogens (tertiary/aromatic N) is 1. The van der Waals surface area contributed by atoms with Crippen LogP contribution in [0.1, 0.15) is 28.1 Å². The molecule has 2 aromatic carbocycles. The quantitative estimate of drug-likeness (QED) is 0.642. The molecule has 1 fully saturated rings. The minimum Gasteiger partial charge on any atom is -0.467 e. The maximum atomic E-state index is 12.9. The van der Waals surface area contributed by atoms with Gasteiger partial charge in [-0.15, -0.1) is 0 Å². The lowest BCUT2D eigenvalue weighted by Gasteiger charge is -2.17. The number of carbonyl (C=O) groups is 3. The highest BCUT2D eigenvalue weighted by atomic mass is 16.3. The van der Waals surface area contributed by atoms with E-state index in [0.29, 0.717) is 23.6 Å². The Balaban J connectivity index is 1.42. The lowest BCUT2D eigenvalue weighted by atomic mass is 10.1. The standard InChI is InChI=1S/C24H23N3O4/c1-16-8-10-18(11-9-16)27-15-17(13-22(27)28)23(29)26-21-7-3-2-6-20(21)24(30)25-14-19-5-4-12-31-19/h2-12,17H,13-15H2,1H3,(H,25,30)(H,26,29). The molecule has 1 aliphatic rings. The van der Waals surface area contributed by atoms with Gasteiger partial charge in [-0.3, -0.25) is 14.4 Å². The molecular formula is C24H23N3O4. The number of carbonyl (C=O) groups excluding carboxylic acids is 3. The zero-order valence-corrected chi connectivity index (χ0v) is 17.1. The Hall–Kier alpha value is -3.87. The van der Waals surface area contributed by atoms with Crippen molar-refractivity contribution in [3.05, 3.63) is 83.8 Å². The molecule has 1 saturated heterocycles. The van der Waals surface area contributed by atoms with Crippen LogP contribution in [0.4, 0.5) is 11.4 Å². The number of para-hydroxylation sites is 1. The number of rotatable bonds is 6. The van der Waals surface area contributed by atoms with Gasteiger partial charge < -0.3 is 20.0 Å². The Labute approximate surface area is 180 Å². The van der Waals surface area contributed by atoms with Crippen molar-refractivity contribution in [2.24, 2.45) is 5.92 Å². The van der Waals surface area contributed by atoms with Gasteiger partial charge in [-0.1, -0.05) is 29.8 Å². The number of aryl methyl sites for hydroxylation is 1. The van der Waals surface area contributed by atoms with Crippen LogP contribution in [0.3, 0.4) is 0 Å². The molecule has 0 spiro atoms. The zero-order chi connectivity index (χ0) is 21.8. The number of furan rings is 1. The minimum absolute atomic E-state index is 0.0894.